The Balaban J connectivity index is 2.92. The van der Waals surface area contributed by atoms with Gasteiger partial charge in [0, 0.05) is 6.42 Å². The van der Waals surface area contributed by atoms with E-state index in [2.05, 4.69) is 28.6 Å². The Hall–Kier alpha value is -0.290. The Labute approximate surface area is 70.9 Å². The van der Waals surface area contributed by atoms with Crippen molar-refractivity contribution >= 4 is 15.9 Å². The van der Waals surface area contributed by atoms with Gasteiger partial charge in [-0.3, -0.25) is 0 Å². The van der Waals surface area contributed by atoms with Gasteiger partial charge in [-0.2, -0.15) is 5.26 Å². The molecular weight excluding hydrogens is 190 g/mol. The van der Waals surface area contributed by atoms with Gasteiger partial charge < -0.3 is 0 Å². The van der Waals surface area contributed by atoms with E-state index in [1.807, 2.05) is 0 Å². The lowest BCUT2D eigenvalue weighted by atomic mass is 10.1. The topological polar surface area (TPSA) is 23.8 Å². The smallest absolute Gasteiger partial charge is 0.0621 e. The number of unbranched alkanes of at least 4 members (excludes halogenated alkanes) is 3. The maximum Gasteiger partial charge on any atom is 0.0621 e. The van der Waals surface area contributed by atoms with Gasteiger partial charge in [0.25, 0.3) is 0 Å². The van der Waals surface area contributed by atoms with Crippen molar-refractivity contribution < 1.29 is 0 Å². The first-order valence-corrected chi connectivity index (χ1v) is 4.27. The molecule has 0 aromatic heterocycles. The first-order chi connectivity index (χ1) is 4.77. The molecule has 0 bridgehead atoms. The van der Waals surface area contributed by atoms with Gasteiger partial charge in [-0.15, -0.1) is 0 Å². The van der Waals surface area contributed by atoms with Crippen LogP contribution in [0.4, 0.5) is 0 Å². The van der Waals surface area contributed by atoms with Crippen LogP contribution in [0.1, 0.15) is 32.1 Å². The Kier molecular flexibility index (Phi) is 6.63. The molecule has 0 amide bonds. The van der Waals surface area contributed by atoms with Crippen molar-refractivity contribution in [2.45, 2.75) is 32.1 Å². The number of hydrogen-bond donors (Lipinski definition) is 0. The summed E-state index contributed by atoms with van der Waals surface area (Å²) < 4.78 is 1.06. The van der Waals surface area contributed by atoms with Gasteiger partial charge in [0.05, 0.1) is 6.07 Å². The molecule has 0 saturated carbocycles. The summed E-state index contributed by atoms with van der Waals surface area (Å²) >= 11 is 3.28. The molecule has 0 aliphatic heterocycles. The zero-order chi connectivity index (χ0) is 7.82. The lowest BCUT2D eigenvalue weighted by Crippen LogP contribution is -1.76. The minimum absolute atomic E-state index is 0.689. The summed E-state index contributed by atoms with van der Waals surface area (Å²) in [4.78, 5) is 0. The third-order valence-corrected chi connectivity index (χ3v) is 1.63. The molecule has 0 spiro atoms. The fourth-order valence-electron chi connectivity index (χ4n) is 0.698. The first kappa shape index (κ1) is 9.71. The summed E-state index contributed by atoms with van der Waals surface area (Å²) in [6, 6.07) is 2.12. The number of allylic oxidation sites excluding steroid dienone is 1. The van der Waals surface area contributed by atoms with E-state index >= 15 is 0 Å². The predicted octanol–water partition coefficient (Wildman–Crippen LogP) is 3.37. The standard InChI is InChI=1S/C8H12BrN/c1-8(9)6-4-2-3-5-7-10/h1-6H2. The summed E-state index contributed by atoms with van der Waals surface area (Å²) in [5, 5.41) is 8.20. The summed E-state index contributed by atoms with van der Waals surface area (Å²) in [5.41, 5.74) is 0. The SMILES string of the molecule is C=C(Br)CCCCCC#N. The summed E-state index contributed by atoms with van der Waals surface area (Å²) in [6.45, 7) is 3.72. The molecule has 1 nitrogen and oxygen atoms in total. The summed E-state index contributed by atoms with van der Waals surface area (Å²) in [6.07, 6.45) is 5.03. The second-order valence-corrected chi connectivity index (χ2v) is 3.36. The third kappa shape index (κ3) is 7.71. The van der Waals surface area contributed by atoms with Crippen LogP contribution in [0.15, 0.2) is 11.1 Å². The van der Waals surface area contributed by atoms with Crippen molar-refractivity contribution in [1.29, 1.82) is 5.26 Å². The lowest BCUT2D eigenvalue weighted by Gasteiger charge is -1.94. The summed E-state index contributed by atoms with van der Waals surface area (Å²) in [7, 11) is 0. The normalized spacial score (nSPS) is 8.80. The molecule has 0 aliphatic rings. The second-order valence-electron chi connectivity index (χ2n) is 2.24. The zero-order valence-corrected chi connectivity index (χ0v) is 7.65. The van der Waals surface area contributed by atoms with Crippen LogP contribution in [0, 0.1) is 11.3 Å². The predicted molar refractivity (Wildman–Crippen MR) is 46.8 cm³/mol. The van der Waals surface area contributed by atoms with Gasteiger partial charge in [-0.25, -0.2) is 0 Å². The Morgan fingerprint density at radius 1 is 1.40 bits per heavy atom. The van der Waals surface area contributed by atoms with Crippen LogP contribution in [0.5, 0.6) is 0 Å². The van der Waals surface area contributed by atoms with E-state index < -0.39 is 0 Å². The number of nitrogens with zero attached hydrogens (tertiary/aromatic N) is 1. The van der Waals surface area contributed by atoms with Crippen LogP contribution in [-0.2, 0) is 0 Å². The molecule has 0 aromatic rings. The molecule has 0 N–H and O–H groups in total. The molecule has 0 saturated heterocycles. The van der Waals surface area contributed by atoms with E-state index in [1.54, 1.807) is 0 Å². The van der Waals surface area contributed by atoms with Crippen LogP contribution in [0.25, 0.3) is 0 Å². The van der Waals surface area contributed by atoms with E-state index in [9.17, 15) is 0 Å². The Morgan fingerprint density at radius 3 is 2.60 bits per heavy atom. The molecule has 2 heteroatoms. The zero-order valence-electron chi connectivity index (χ0n) is 6.07. The quantitative estimate of drug-likeness (QED) is 0.627. The van der Waals surface area contributed by atoms with Gasteiger partial charge >= 0.3 is 0 Å². The second kappa shape index (κ2) is 6.82. The average molecular weight is 202 g/mol. The van der Waals surface area contributed by atoms with E-state index in [-0.39, 0.29) is 0 Å². The van der Waals surface area contributed by atoms with Crippen LogP contribution in [-0.4, -0.2) is 0 Å². The third-order valence-electron chi connectivity index (χ3n) is 1.24. The number of hydrogen-bond acceptors (Lipinski definition) is 1. The van der Waals surface area contributed by atoms with Crippen molar-refractivity contribution in [1.82, 2.24) is 0 Å². The van der Waals surface area contributed by atoms with E-state index in [0.29, 0.717) is 6.42 Å². The van der Waals surface area contributed by atoms with Crippen molar-refractivity contribution in [2.75, 3.05) is 0 Å². The van der Waals surface area contributed by atoms with Gasteiger partial charge in [-0.05, 0) is 23.7 Å². The van der Waals surface area contributed by atoms with Gasteiger partial charge in [0.1, 0.15) is 0 Å². The van der Waals surface area contributed by atoms with Crippen LogP contribution in [0.3, 0.4) is 0 Å². The lowest BCUT2D eigenvalue weighted by molar-refractivity contribution is 0.698. The molecule has 10 heavy (non-hydrogen) atoms. The molecule has 0 aromatic carbocycles. The van der Waals surface area contributed by atoms with Crippen molar-refractivity contribution in [3.63, 3.8) is 0 Å². The van der Waals surface area contributed by atoms with Gasteiger partial charge in [0.2, 0.25) is 0 Å². The molecule has 0 unspecified atom stereocenters. The molecule has 56 valence electrons. The molecule has 0 fully saturated rings. The molecule has 0 atom stereocenters. The van der Waals surface area contributed by atoms with Crippen molar-refractivity contribution in [3.8, 4) is 6.07 Å². The minimum atomic E-state index is 0.689. The van der Waals surface area contributed by atoms with Crippen LogP contribution >= 0.6 is 15.9 Å². The number of nitriles is 1. The Morgan fingerprint density at radius 2 is 2.10 bits per heavy atom. The van der Waals surface area contributed by atoms with Gasteiger partial charge in [0.15, 0.2) is 0 Å². The monoisotopic (exact) mass is 201 g/mol. The minimum Gasteiger partial charge on any atom is -0.198 e. The number of halogens is 1. The molecular formula is C8H12BrN. The first-order valence-electron chi connectivity index (χ1n) is 3.47. The van der Waals surface area contributed by atoms with Crippen molar-refractivity contribution in [2.24, 2.45) is 0 Å². The highest BCUT2D eigenvalue weighted by Crippen LogP contribution is 2.12. The molecule has 0 rings (SSSR count). The molecule has 0 aliphatic carbocycles. The Bertz CT molecular complexity index is 135. The summed E-state index contributed by atoms with van der Waals surface area (Å²) in [5.74, 6) is 0. The van der Waals surface area contributed by atoms with E-state index in [0.717, 1.165) is 30.2 Å². The highest BCUT2D eigenvalue weighted by atomic mass is 79.9. The number of rotatable bonds is 5. The largest absolute Gasteiger partial charge is 0.198 e. The van der Waals surface area contributed by atoms with E-state index in [1.165, 1.54) is 0 Å². The maximum absolute atomic E-state index is 8.20. The highest BCUT2D eigenvalue weighted by Gasteiger charge is 1.89. The van der Waals surface area contributed by atoms with E-state index in [4.69, 9.17) is 5.26 Å². The fourth-order valence-corrected chi connectivity index (χ4v) is 0.978. The van der Waals surface area contributed by atoms with Gasteiger partial charge in [-0.1, -0.05) is 28.9 Å². The van der Waals surface area contributed by atoms with Crippen LogP contribution < -0.4 is 0 Å². The molecule has 0 heterocycles. The average Bonchev–Trinajstić information content (AvgIpc) is 1.87. The molecule has 0 radical (unpaired) electrons. The fraction of sp³-hybridized carbons (Fsp3) is 0.625. The van der Waals surface area contributed by atoms with Crippen LogP contribution in [0.2, 0.25) is 0 Å². The van der Waals surface area contributed by atoms with Crippen molar-refractivity contribution in [3.05, 3.63) is 11.1 Å². The highest BCUT2D eigenvalue weighted by molar-refractivity contribution is 9.11. The maximum atomic E-state index is 8.20.